The lowest BCUT2D eigenvalue weighted by atomic mass is 10.0. The summed E-state index contributed by atoms with van der Waals surface area (Å²) in [7, 11) is -1.35. The average molecular weight is 347 g/mol. The van der Waals surface area contributed by atoms with E-state index in [1.807, 2.05) is 42.5 Å². The van der Waals surface area contributed by atoms with Gasteiger partial charge in [0.2, 0.25) is 9.04 Å². The van der Waals surface area contributed by atoms with Crippen LogP contribution in [0.15, 0.2) is 78.9 Å². The maximum absolute atomic E-state index is 6.18. The summed E-state index contributed by atoms with van der Waals surface area (Å²) in [6.07, 6.45) is 2.48. The van der Waals surface area contributed by atoms with Crippen molar-refractivity contribution in [2.24, 2.45) is 0 Å². The predicted octanol–water partition coefficient (Wildman–Crippen LogP) is 4.89. The molecule has 3 aromatic carbocycles. The minimum absolute atomic E-state index is 0.860. The van der Waals surface area contributed by atoms with Gasteiger partial charge in [0.1, 0.15) is 11.5 Å². The molecule has 0 bridgehead atoms. The van der Waals surface area contributed by atoms with Gasteiger partial charge < -0.3 is 9.16 Å². The van der Waals surface area contributed by atoms with Gasteiger partial charge in [-0.15, -0.1) is 0 Å². The highest BCUT2D eigenvalue weighted by Gasteiger charge is 2.22. The van der Waals surface area contributed by atoms with Crippen molar-refractivity contribution in [3.05, 3.63) is 78.9 Å². The molecule has 2 nitrogen and oxygen atoms in total. The zero-order valence-electron chi connectivity index (χ0n) is 14.2. The molecule has 1 saturated heterocycles. The summed E-state index contributed by atoms with van der Waals surface area (Å²) in [5.41, 5.74) is 2.40. The Kier molecular flexibility index (Phi) is 4.95. The van der Waals surface area contributed by atoms with Gasteiger partial charge in [-0.2, -0.15) is 0 Å². The van der Waals surface area contributed by atoms with Crippen LogP contribution in [0.3, 0.4) is 0 Å². The molecule has 1 aliphatic rings. The lowest BCUT2D eigenvalue weighted by molar-refractivity contribution is 0.294. The van der Waals surface area contributed by atoms with E-state index in [1.165, 1.54) is 29.6 Å². The number of rotatable bonds is 4. The largest absolute Gasteiger partial charge is 0.457 e. The molecule has 1 aliphatic heterocycles. The van der Waals surface area contributed by atoms with E-state index in [-0.39, 0.29) is 0 Å². The fourth-order valence-electron chi connectivity index (χ4n) is 3.40. The molecule has 1 unspecified atom stereocenters. The van der Waals surface area contributed by atoms with Crippen LogP contribution in [0.1, 0.15) is 12.8 Å². The second-order valence-electron chi connectivity index (χ2n) is 6.35. The van der Waals surface area contributed by atoms with Gasteiger partial charge >= 0.3 is 0 Å². The number of hydrogen-bond donors (Lipinski definition) is 0. The first kappa shape index (κ1) is 16.1. The molecule has 1 fully saturated rings. The van der Waals surface area contributed by atoms with Gasteiger partial charge in [-0.3, -0.25) is 0 Å². The van der Waals surface area contributed by atoms with Crippen LogP contribution < -0.4 is 9.92 Å². The fraction of sp³-hybridized carbons (Fsp3) is 0.182. The maximum atomic E-state index is 6.18. The van der Waals surface area contributed by atoms with Crippen LogP contribution in [0.25, 0.3) is 11.1 Å². The van der Waals surface area contributed by atoms with Gasteiger partial charge in [0.15, 0.2) is 0 Å². The van der Waals surface area contributed by atoms with Gasteiger partial charge in [-0.1, -0.05) is 67.1 Å². The van der Waals surface area contributed by atoms with Crippen LogP contribution in [-0.4, -0.2) is 15.6 Å². The normalized spacial score (nSPS) is 17.2. The Morgan fingerprint density at radius 3 is 2.24 bits per heavy atom. The first-order chi connectivity index (χ1) is 12.4. The van der Waals surface area contributed by atoms with E-state index in [0.29, 0.717) is 0 Å². The number of ether oxygens (including phenoxy) is 1. The van der Waals surface area contributed by atoms with E-state index in [9.17, 15) is 0 Å². The number of hydrogen-bond acceptors (Lipinski definition) is 2. The molecular weight excluding hydrogens is 324 g/mol. The Bertz CT molecular complexity index is 826. The molecule has 0 N–H and O–H groups in total. The predicted molar refractivity (Wildman–Crippen MR) is 105 cm³/mol. The van der Waals surface area contributed by atoms with E-state index in [2.05, 4.69) is 36.4 Å². The van der Waals surface area contributed by atoms with E-state index in [1.54, 1.807) is 0 Å². The van der Waals surface area contributed by atoms with Crippen molar-refractivity contribution in [3.8, 4) is 22.6 Å². The molecule has 4 rings (SSSR count). The van der Waals surface area contributed by atoms with Crippen molar-refractivity contribution in [1.82, 2.24) is 0 Å². The Hall–Kier alpha value is -2.36. The molecular formula is C22H22O2Si. The summed E-state index contributed by atoms with van der Waals surface area (Å²) in [6.45, 7) is 0.910. The summed E-state index contributed by atoms with van der Waals surface area (Å²) in [5.74, 6) is 1.75. The lowest BCUT2D eigenvalue weighted by Crippen LogP contribution is -2.37. The quantitative estimate of drug-likeness (QED) is 0.626. The van der Waals surface area contributed by atoms with Gasteiger partial charge in [-0.25, -0.2) is 0 Å². The summed E-state index contributed by atoms with van der Waals surface area (Å²) in [4.78, 5) is 0. The third-order valence-electron chi connectivity index (χ3n) is 4.64. The maximum Gasteiger partial charge on any atom is 0.208 e. The van der Waals surface area contributed by atoms with Crippen molar-refractivity contribution in [1.29, 1.82) is 0 Å². The van der Waals surface area contributed by atoms with Crippen molar-refractivity contribution in [3.63, 3.8) is 0 Å². The highest BCUT2D eigenvalue weighted by Crippen LogP contribution is 2.33. The molecule has 0 aliphatic carbocycles. The van der Waals surface area contributed by atoms with E-state index < -0.39 is 9.04 Å². The van der Waals surface area contributed by atoms with Crippen LogP contribution in [0.4, 0.5) is 0 Å². The first-order valence-corrected chi connectivity index (χ1v) is 10.8. The lowest BCUT2D eigenvalue weighted by Gasteiger charge is -2.24. The van der Waals surface area contributed by atoms with Crippen molar-refractivity contribution in [2.75, 3.05) is 6.61 Å². The Labute approximate surface area is 150 Å². The molecule has 3 aromatic rings. The number of benzene rings is 3. The molecule has 0 spiro atoms. The molecule has 0 aromatic heterocycles. The molecule has 1 atom stereocenters. The van der Waals surface area contributed by atoms with Gasteiger partial charge in [0.25, 0.3) is 0 Å². The minimum atomic E-state index is -1.35. The standard InChI is InChI=1S/C22H22O2Si/c1-2-10-18(11-3-1)24-21-14-6-4-12-19(21)20-13-5-7-15-22(20)25-17-9-8-16-23-25/h1-7,10-15,25H,8-9,16-17H2. The third kappa shape index (κ3) is 3.68. The highest BCUT2D eigenvalue weighted by atomic mass is 28.3. The SMILES string of the molecule is c1ccc(Oc2ccccc2-c2ccccc2[SiH]2CCCCO2)cc1. The Morgan fingerprint density at radius 2 is 1.44 bits per heavy atom. The fourth-order valence-corrected chi connectivity index (χ4v) is 6.09. The van der Waals surface area contributed by atoms with Crippen LogP contribution in [-0.2, 0) is 4.43 Å². The minimum Gasteiger partial charge on any atom is -0.457 e. The summed E-state index contributed by atoms with van der Waals surface area (Å²) in [6, 6.07) is 28.2. The molecule has 0 amide bonds. The molecule has 126 valence electrons. The second-order valence-corrected chi connectivity index (χ2v) is 8.86. The van der Waals surface area contributed by atoms with Crippen LogP contribution >= 0.6 is 0 Å². The summed E-state index contributed by atoms with van der Waals surface area (Å²) >= 11 is 0. The molecule has 3 heteroatoms. The zero-order chi connectivity index (χ0) is 16.9. The van der Waals surface area contributed by atoms with E-state index in [4.69, 9.17) is 9.16 Å². The topological polar surface area (TPSA) is 18.5 Å². The first-order valence-electron chi connectivity index (χ1n) is 8.94. The van der Waals surface area contributed by atoms with Crippen molar-refractivity contribution >= 4 is 14.2 Å². The van der Waals surface area contributed by atoms with E-state index >= 15 is 0 Å². The van der Waals surface area contributed by atoms with Gasteiger partial charge in [-0.05, 0) is 41.4 Å². The van der Waals surface area contributed by atoms with Crippen LogP contribution in [0.2, 0.25) is 6.04 Å². The van der Waals surface area contributed by atoms with Gasteiger partial charge in [0.05, 0.1) is 0 Å². The third-order valence-corrected chi connectivity index (χ3v) is 7.40. The highest BCUT2D eigenvalue weighted by molar-refractivity contribution is 6.69. The smallest absolute Gasteiger partial charge is 0.208 e. The molecule has 25 heavy (non-hydrogen) atoms. The van der Waals surface area contributed by atoms with Crippen molar-refractivity contribution in [2.45, 2.75) is 18.9 Å². The monoisotopic (exact) mass is 346 g/mol. The van der Waals surface area contributed by atoms with Crippen LogP contribution in [0, 0.1) is 0 Å². The second kappa shape index (κ2) is 7.68. The average Bonchev–Trinajstić information content (AvgIpc) is 2.70. The Morgan fingerprint density at radius 1 is 0.720 bits per heavy atom. The summed E-state index contributed by atoms with van der Waals surface area (Å²) in [5, 5.41) is 1.39. The molecule has 0 radical (unpaired) electrons. The van der Waals surface area contributed by atoms with Crippen LogP contribution in [0.5, 0.6) is 11.5 Å². The van der Waals surface area contributed by atoms with E-state index in [0.717, 1.165) is 23.7 Å². The van der Waals surface area contributed by atoms with Gasteiger partial charge in [0, 0.05) is 12.2 Å². The zero-order valence-corrected chi connectivity index (χ0v) is 15.4. The molecule has 1 heterocycles. The van der Waals surface area contributed by atoms with Crippen molar-refractivity contribution < 1.29 is 9.16 Å². The number of para-hydroxylation sites is 2. The summed E-state index contributed by atoms with van der Waals surface area (Å²) < 4.78 is 12.4. The molecule has 0 saturated carbocycles. The Balaban J connectivity index is 1.73.